The van der Waals surface area contributed by atoms with Crippen molar-refractivity contribution in [3.05, 3.63) is 64.1 Å². The summed E-state index contributed by atoms with van der Waals surface area (Å²) in [6.07, 6.45) is -0.398. The summed E-state index contributed by atoms with van der Waals surface area (Å²) in [5.74, 6) is -2.43. The van der Waals surface area contributed by atoms with Gasteiger partial charge in [0.2, 0.25) is 5.91 Å². The Kier molecular flexibility index (Phi) is 8.45. The molecule has 0 spiro atoms. The first-order valence-corrected chi connectivity index (χ1v) is 9.15. The Bertz CT molecular complexity index is 906. The van der Waals surface area contributed by atoms with Crippen molar-refractivity contribution in [2.24, 2.45) is 0 Å². The van der Waals surface area contributed by atoms with E-state index in [0.29, 0.717) is 16.3 Å². The lowest BCUT2D eigenvalue weighted by Gasteiger charge is -2.09. The molecule has 10 heteroatoms. The number of hydrogen-bond acceptors (Lipinski definition) is 5. The topological polar surface area (TPSA) is 114 Å². The average Bonchev–Trinajstić information content (AvgIpc) is 2.71. The number of anilines is 1. The summed E-state index contributed by atoms with van der Waals surface area (Å²) in [5, 5.41) is 3.23. The quantitative estimate of drug-likeness (QED) is 0.455. The lowest BCUT2D eigenvalue weighted by atomic mass is 10.2. The van der Waals surface area contributed by atoms with Crippen LogP contribution in [-0.4, -0.2) is 30.3 Å². The molecule has 0 unspecified atom stereocenters. The SMILES string of the molecule is O=C(COC(=O)CCC(=O)Nc1ccc(Cl)cc1Cl)NNC(=O)c1ccccc1. The van der Waals surface area contributed by atoms with E-state index in [1.165, 1.54) is 12.1 Å². The van der Waals surface area contributed by atoms with Crippen molar-refractivity contribution in [1.82, 2.24) is 10.9 Å². The molecule has 2 aromatic rings. The van der Waals surface area contributed by atoms with E-state index in [1.54, 1.807) is 36.4 Å². The molecule has 3 amide bonds. The van der Waals surface area contributed by atoms with Crippen LogP contribution in [0.5, 0.6) is 0 Å². The molecule has 8 nitrogen and oxygen atoms in total. The lowest BCUT2D eigenvalue weighted by molar-refractivity contribution is -0.149. The van der Waals surface area contributed by atoms with Crippen LogP contribution in [0.15, 0.2) is 48.5 Å². The van der Waals surface area contributed by atoms with Crippen molar-refractivity contribution in [1.29, 1.82) is 0 Å². The van der Waals surface area contributed by atoms with Gasteiger partial charge in [-0.05, 0) is 30.3 Å². The second-order valence-electron chi connectivity index (χ2n) is 5.70. The molecule has 0 atom stereocenters. The summed E-state index contributed by atoms with van der Waals surface area (Å²) in [7, 11) is 0. The average molecular weight is 438 g/mol. The molecule has 0 aromatic heterocycles. The maximum atomic E-state index is 11.9. The number of carbonyl (C=O) groups excluding carboxylic acids is 4. The molecule has 0 aliphatic heterocycles. The molecule has 0 aliphatic rings. The van der Waals surface area contributed by atoms with Gasteiger partial charge in [-0.25, -0.2) is 0 Å². The zero-order valence-electron chi connectivity index (χ0n) is 15.0. The maximum Gasteiger partial charge on any atom is 0.306 e. The van der Waals surface area contributed by atoms with Crippen LogP contribution in [0, 0.1) is 0 Å². The summed E-state index contributed by atoms with van der Waals surface area (Å²) in [5.41, 5.74) is 5.04. The van der Waals surface area contributed by atoms with Crippen LogP contribution in [0.4, 0.5) is 5.69 Å². The Hall–Kier alpha value is -3.10. The van der Waals surface area contributed by atoms with Gasteiger partial charge in [-0.1, -0.05) is 41.4 Å². The minimum absolute atomic E-state index is 0.163. The Morgan fingerprint density at radius 2 is 1.59 bits per heavy atom. The number of amides is 3. The molecule has 0 saturated carbocycles. The van der Waals surface area contributed by atoms with E-state index < -0.39 is 30.3 Å². The number of hydrogen-bond donors (Lipinski definition) is 3. The van der Waals surface area contributed by atoms with Crippen LogP contribution >= 0.6 is 23.2 Å². The Labute approximate surface area is 176 Å². The summed E-state index contributed by atoms with van der Waals surface area (Å²) in [4.78, 5) is 46.9. The largest absolute Gasteiger partial charge is 0.455 e. The van der Waals surface area contributed by atoms with Gasteiger partial charge < -0.3 is 10.1 Å². The van der Waals surface area contributed by atoms with E-state index in [2.05, 4.69) is 16.2 Å². The standard InChI is InChI=1S/C19H17Cl2N3O5/c20-13-6-7-15(14(21)10-13)22-16(25)8-9-18(27)29-11-17(26)23-24-19(28)12-4-2-1-3-5-12/h1-7,10H,8-9,11H2,(H,22,25)(H,23,26)(H,24,28). The van der Waals surface area contributed by atoms with E-state index in [-0.39, 0.29) is 17.9 Å². The van der Waals surface area contributed by atoms with Crippen LogP contribution in [0.25, 0.3) is 0 Å². The Balaban J connectivity index is 1.65. The van der Waals surface area contributed by atoms with E-state index in [0.717, 1.165) is 0 Å². The number of benzene rings is 2. The summed E-state index contributed by atoms with van der Waals surface area (Å²) in [6.45, 7) is -0.599. The molecule has 2 aromatic carbocycles. The third-order valence-corrected chi connectivity index (χ3v) is 4.02. The zero-order valence-corrected chi connectivity index (χ0v) is 16.5. The molecule has 3 N–H and O–H groups in total. The fourth-order valence-electron chi connectivity index (χ4n) is 2.06. The molecule has 0 radical (unpaired) electrons. The highest BCUT2D eigenvalue weighted by atomic mass is 35.5. The lowest BCUT2D eigenvalue weighted by Crippen LogP contribution is -2.43. The molecule has 0 aliphatic carbocycles. The molecule has 0 heterocycles. The minimum Gasteiger partial charge on any atom is -0.455 e. The fraction of sp³-hybridized carbons (Fsp3) is 0.158. The van der Waals surface area contributed by atoms with Crippen molar-refractivity contribution in [3.63, 3.8) is 0 Å². The molecular formula is C19H17Cl2N3O5. The van der Waals surface area contributed by atoms with Crippen LogP contribution < -0.4 is 16.2 Å². The molecule has 29 heavy (non-hydrogen) atoms. The molecule has 0 fully saturated rings. The number of ether oxygens (including phenoxy) is 1. The first-order chi connectivity index (χ1) is 13.8. The van der Waals surface area contributed by atoms with Crippen molar-refractivity contribution >= 4 is 52.6 Å². The maximum absolute atomic E-state index is 11.9. The predicted octanol–water partition coefficient (Wildman–Crippen LogP) is 2.72. The van der Waals surface area contributed by atoms with Gasteiger partial charge in [-0.2, -0.15) is 0 Å². The van der Waals surface area contributed by atoms with Gasteiger partial charge in [0.25, 0.3) is 11.8 Å². The molecule has 0 saturated heterocycles. The summed E-state index contributed by atoms with van der Waals surface area (Å²) >= 11 is 11.7. The molecular weight excluding hydrogens is 421 g/mol. The number of nitrogens with one attached hydrogen (secondary N) is 3. The third-order valence-electron chi connectivity index (χ3n) is 3.48. The van der Waals surface area contributed by atoms with Gasteiger partial charge in [0.1, 0.15) is 0 Å². The van der Waals surface area contributed by atoms with Crippen LogP contribution in [0.1, 0.15) is 23.2 Å². The minimum atomic E-state index is -0.744. The zero-order chi connectivity index (χ0) is 21.2. The highest BCUT2D eigenvalue weighted by Gasteiger charge is 2.12. The smallest absolute Gasteiger partial charge is 0.306 e. The van der Waals surface area contributed by atoms with Crippen molar-refractivity contribution in [3.8, 4) is 0 Å². The van der Waals surface area contributed by atoms with Crippen molar-refractivity contribution < 1.29 is 23.9 Å². The first kappa shape index (κ1) is 22.2. The second kappa shape index (κ2) is 11.0. The number of halogens is 2. The van der Waals surface area contributed by atoms with Gasteiger partial charge >= 0.3 is 5.97 Å². The van der Waals surface area contributed by atoms with Crippen LogP contribution in [0.2, 0.25) is 10.0 Å². The highest BCUT2D eigenvalue weighted by Crippen LogP contribution is 2.25. The number of hydrazine groups is 1. The van der Waals surface area contributed by atoms with Crippen LogP contribution in [0.3, 0.4) is 0 Å². The van der Waals surface area contributed by atoms with Gasteiger partial charge in [-0.15, -0.1) is 0 Å². The van der Waals surface area contributed by atoms with E-state index in [1.807, 2.05) is 0 Å². The van der Waals surface area contributed by atoms with Crippen LogP contribution in [-0.2, 0) is 19.1 Å². The number of rotatable bonds is 7. The number of carbonyl (C=O) groups is 4. The predicted molar refractivity (Wildman–Crippen MR) is 107 cm³/mol. The van der Waals surface area contributed by atoms with Crippen molar-refractivity contribution in [2.75, 3.05) is 11.9 Å². The highest BCUT2D eigenvalue weighted by molar-refractivity contribution is 6.36. The van der Waals surface area contributed by atoms with E-state index in [4.69, 9.17) is 27.9 Å². The Morgan fingerprint density at radius 3 is 2.28 bits per heavy atom. The van der Waals surface area contributed by atoms with Gasteiger partial charge in [0, 0.05) is 17.0 Å². The Morgan fingerprint density at radius 1 is 0.862 bits per heavy atom. The van der Waals surface area contributed by atoms with Crippen molar-refractivity contribution in [2.45, 2.75) is 12.8 Å². The van der Waals surface area contributed by atoms with Gasteiger partial charge in [0.05, 0.1) is 17.1 Å². The normalized spacial score (nSPS) is 10.0. The molecule has 2 rings (SSSR count). The molecule has 152 valence electrons. The van der Waals surface area contributed by atoms with Gasteiger partial charge in [-0.3, -0.25) is 30.0 Å². The van der Waals surface area contributed by atoms with E-state index in [9.17, 15) is 19.2 Å². The first-order valence-electron chi connectivity index (χ1n) is 8.40. The summed E-state index contributed by atoms with van der Waals surface area (Å²) < 4.78 is 4.76. The fourth-order valence-corrected chi connectivity index (χ4v) is 2.52. The second-order valence-corrected chi connectivity index (χ2v) is 6.54. The van der Waals surface area contributed by atoms with Gasteiger partial charge in [0.15, 0.2) is 6.61 Å². The number of esters is 1. The summed E-state index contributed by atoms with van der Waals surface area (Å²) in [6, 6.07) is 12.8. The van der Waals surface area contributed by atoms with E-state index >= 15 is 0 Å². The molecule has 0 bridgehead atoms. The third kappa shape index (κ3) is 7.81. The monoisotopic (exact) mass is 437 g/mol.